The first-order chi connectivity index (χ1) is 6.81. The highest BCUT2D eigenvalue weighted by atomic mass is 79.9. The summed E-state index contributed by atoms with van der Waals surface area (Å²) in [5.74, 6) is 1.58. The van der Waals surface area contributed by atoms with Gasteiger partial charge in [-0.05, 0) is 18.6 Å². The molecular formula is C11H13BrN2. The average Bonchev–Trinajstić information content (AvgIpc) is 2.61. The molecule has 1 N–H and O–H groups in total. The minimum Gasteiger partial charge on any atom is -0.342 e. The van der Waals surface area contributed by atoms with Gasteiger partial charge in [-0.25, -0.2) is 4.98 Å². The van der Waals surface area contributed by atoms with E-state index >= 15 is 0 Å². The Kier molecular flexibility index (Phi) is 2.87. The Morgan fingerprint density at radius 1 is 1.43 bits per heavy atom. The fraction of sp³-hybridized carbons (Fsp3) is 0.364. The van der Waals surface area contributed by atoms with Crippen molar-refractivity contribution >= 4 is 27.0 Å². The average molecular weight is 253 g/mol. The molecule has 2 aromatic rings. The number of hydrogen-bond donors (Lipinski definition) is 1. The van der Waals surface area contributed by atoms with E-state index in [4.69, 9.17) is 0 Å². The maximum absolute atomic E-state index is 4.55. The Balaban J connectivity index is 2.35. The standard InChI is InChI=1S/C11H13BrN2/c1-8(6-7-12)11-13-9-4-2-3-5-10(9)14-11/h2-5,8H,6-7H2,1H3,(H,13,14). The van der Waals surface area contributed by atoms with Crippen LogP contribution >= 0.6 is 15.9 Å². The number of H-pyrrole nitrogens is 1. The molecule has 3 heteroatoms. The summed E-state index contributed by atoms with van der Waals surface area (Å²) in [7, 11) is 0. The van der Waals surface area contributed by atoms with Crippen molar-refractivity contribution in [3.8, 4) is 0 Å². The summed E-state index contributed by atoms with van der Waals surface area (Å²) in [6, 6.07) is 8.14. The normalized spacial score (nSPS) is 13.3. The van der Waals surface area contributed by atoms with Gasteiger partial charge in [0.1, 0.15) is 5.82 Å². The summed E-state index contributed by atoms with van der Waals surface area (Å²) >= 11 is 3.45. The minimum absolute atomic E-state index is 0.488. The van der Waals surface area contributed by atoms with Crippen molar-refractivity contribution in [3.63, 3.8) is 0 Å². The van der Waals surface area contributed by atoms with Gasteiger partial charge in [0.2, 0.25) is 0 Å². The number of hydrogen-bond acceptors (Lipinski definition) is 1. The van der Waals surface area contributed by atoms with Gasteiger partial charge in [0.15, 0.2) is 0 Å². The van der Waals surface area contributed by atoms with Crippen LogP contribution in [0.2, 0.25) is 0 Å². The van der Waals surface area contributed by atoms with Gasteiger partial charge >= 0.3 is 0 Å². The third-order valence-corrected chi connectivity index (χ3v) is 2.87. The molecule has 74 valence electrons. The topological polar surface area (TPSA) is 28.7 Å². The van der Waals surface area contributed by atoms with Crippen molar-refractivity contribution in [1.82, 2.24) is 9.97 Å². The fourth-order valence-electron chi connectivity index (χ4n) is 1.51. The molecule has 0 saturated heterocycles. The molecule has 0 bridgehead atoms. The molecule has 1 atom stereocenters. The lowest BCUT2D eigenvalue weighted by Crippen LogP contribution is -1.96. The van der Waals surface area contributed by atoms with E-state index in [-0.39, 0.29) is 0 Å². The van der Waals surface area contributed by atoms with Gasteiger partial charge in [0.25, 0.3) is 0 Å². The molecule has 1 unspecified atom stereocenters. The summed E-state index contributed by atoms with van der Waals surface area (Å²) in [4.78, 5) is 7.90. The summed E-state index contributed by atoms with van der Waals surface area (Å²) in [6.45, 7) is 2.19. The number of aromatic amines is 1. The van der Waals surface area contributed by atoms with E-state index in [0.29, 0.717) is 5.92 Å². The van der Waals surface area contributed by atoms with Crippen LogP contribution in [0, 0.1) is 0 Å². The molecule has 14 heavy (non-hydrogen) atoms. The van der Waals surface area contributed by atoms with Crippen LogP contribution in [0.5, 0.6) is 0 Å². The maximum atomic E-state index is 4.55. The largest absolute Gasteiger partial charge is 0.342 e. The molecule has 0 radical (unpaired) electrons. The van der Waals surface area contributed by atoms with E-state index in [1.54, 1.807) is 0 Å². The van der Waals surface area contributed by atoms with E-state index in [9.17, 15) is 0 Å². The minimum atomic E-state index is 0.488. The lowest BCUT2D eigenvalue weighted by Gasteiger charge is -2.03. The maximum Gasteiger partial charge on any atom is 0.110 e. The van der Waals surface area contributed by atoms with Gasteiger partial charge in [0.05, 0.1) is 11.0 Å². The summed E-state index contributed by atoms with van der Waals surface area (Å²) < 4.78 is 0. The summed E-state index contributed by atoms with van der Waals surface area (Å²) in [5.41, 5.74) is 2.19. The number of nitrogens with zero attached hydrogens (tertiary/aromatic N) is 1. The number of benzene rings is 1. The van der Waals surface area contributed by atoms with Crippen LogP contribution in [0.15, 0.2) is 24.3 Å². The van der Waals surface area contributed by atoms with Crippen LogP contribution in [0.3, 0.4) is 0 Å². The molecule has 0 amide bonds. The smallest absolute Gasteiger partial charge is 0.110 e. The molecule has 0 spiro atoms. The van der Waals surface area contributed by atoms with E-state index in [1.807, 2.05) is 18.2 Å². The van der Waals surface area contributed by atoms with Crippen molar-refractivity contribution in [2.45, 2.75) is 19.3 Å². The zero-order chi connectivity index (χ0) is 9.97. The molecule has 1 aromatic carbocycles. The van der Waals surface area contributed by atoms with Gasteiger partial charge in [0, 0.05) is 11.2 Å². The Bertz CT molecular complexity index is 389. The van der Waals surface area contributed by atoms with E-state index in [1.165, 1.54) is 0 Å². The van der Waals surface area contributed by atoms with Gasteiger partial charge in [-0.3, -0.25) is 0 Å². The molecule has 2 rings (SSSR count). The Labute approximate surface area is 91.9 Å². The number of alkyl halides is 1. The molecule has 0 aliphatic carbocycles. The van der Waals surface area contributed by atoms with Crippen molar-refractivity contribution in [3.05, 3.63) is 30.1 Å². The van der Waals surface area contributed by atoms with Crippen LogP contribution in [0.4, 0.5) is 0 Å². The van der Waals surface area contributed by atoms with Crippen LogP contribution in [-0.2, 0) is 0 Å². The highest BCUT2D eigenvalue weighted by Crippen LogP contribution is 2.20. The zero-order valence-electron chi connectivity index (χ0n) is 8.13. The second-order valence-electron chi connectivity index (χ2n) is 3.52. The van der Waals surface area contributed by atoms with Gasteiger partial charge in [-0.15, -0.1) is 0 Å². The quantitative estimate of drug-likeness (QED) is 0.834. The second-order valence-corrected chi connectivity index (χ2v) is 4.31. The van der Waals surface area contributed by atoms with Crippen molar-refractivity contribution < 1.29 is 0 Å². The first-order valence-corrected chi connectivity index (χ1v) is 5.94. The second kappa shape index (κ2) is 4.13. The number of fused-ring (bicyclic) bond motifs is 1. The van der Waals surface area contributed by atoms with Crippen LogP contribution in [0.1, 0.15) is 25.1 Å². The Morgan fingerprint density at radius 3 is 2.93 bits per heavy atom. The summed E-state index contributed by atoms with van der Waals surface area (Å²) in [5, 5.41) is 1.02. The fourth-order valence-corrected chi connectivity index (χ4v) is 2.19. The number of para-hydroxylation sites is 2. The molecule has 1 aromatic heterocycles. The van der Waals surface area contributed by atoms with Crippen LogP contribution < -0.4 is 0 Å². The Morgan fingerprint density at radius 2 is 2.21 bits per heavy atom. The van der Waals surface area contributed by atoms with Crippen molar-refractivity contribution in [2.75, 3.05) is 5.33 Å². The number of aromatic nitrogens is 2. The van der Waals surface area contributed by atoms with E-state index in [2.05, 4.69) is 38.9 Å². The zero-order valence-corrected chi connectivity index (χ0v) is 9.71. The van der Waals surface area contributed by atoms with E-state index in [0.717, 1.165) is 28.6 Å². The molecule has 0 aliphatic heterocycles. The first kappa shape index (κ1) is 9.71. The number of nitrogens with one attached hydrogen (secondary N) is 1. The molecule has 2 nitrogen and oxygen atoms in total. The number of rotatable bonds is 3. The highest BCUT2D eigenvalue weighted by molar-refractivity contribution is 9.09. The third kappa shape index (κ3) is 1.82. The third-order valence-electron chi connectivity index (χ3n) is 2.42. The van der Waals surface area contributed by atoms with Gasteiger partial charge in [-0.1, -0.05) is 35.0 Å². The predicted octanol–water partition coefficient (Wildman–Crippen LogP) is 3.45. The highest BCUT2D eigenvalue weighted by Gasteiger charge is 2.09. The molecule has 0 saturated carbocycles. The number of imidazole rings is 1. The van der Waals surface area contributed by atoms with Crippen molar-refractivity contribution in [2.24, 2.45) is 0 Å². The lowest BCUT2D eigenvalue weighted by atomic mass is 10.1. The Hall–Kier alpha value is -0.830. The van der Waals surface area contributed by atoms with Crippen LogP contribution in [0.25, 0.3) is 11.0 Å². The lowest BCUT2D eigenvalue weighted by molar-refractivity contribution is 0.701. The summed E-state index contributed by atoms with van der Waals surface area (Å²) in [6.07, 6.45) is 1.11. The molecule has 0 fully saturated rings. The van der Waals surface area contributed by atoms with Gasteiger partial charge in [-0.2, -0.15) is 0 Å². The van der Waals surface area contributed by atoms with Crippen molar-refractivity contribution in [1.29, 1.82) is 0 Å². The molecule has 0 aliphatic rings. The molecular weight excluding hydrogens is 240 g/mol. The SMILES string of the molecule is CC(CCBr)c1nc2ccccc2[nH]1. The first-order valence-electron chi connectivity index (χ1n) is 4.82. The predicted molar refractivity (Wildman–Crippen MR) is 62.9 cm³/mol. The monoisotopic (exact) mass is 252 g/mol. The van der Waals surface area contributed by atoms with Crippen LogP contribution in [-0.4, -0.2) is 15.3 Å². The van der Waals surface area contributed by atoms with E-state index < -0.39 is 0 Å². The molecule has 1 heterocycles. The number of halogens is 1. The van der Waals surface area contributed by atoms with Gasteiger partial charge < -0.3 is 4.98 Å².